The number of tetrazole rings is 1. The molecule has 0 aliphatic carbocycles. The lowest BCUT2D eigenvalue weighted by molar-refractivity contribution is -0.274. The van der Waals surface area contributed by atoms with E-state index in [1.54, 1.807) is 0 Å². The van der Waals surface area contributed by atoms with Crippen LogP contribution >= 0.6 is 0 Å². The van der Waals surface area contributed by atoms with Gasteiger partial charge in [-0.15, -0.1) is 23.4 Å². The number of aromatic amines is 1. The lowest BCUT2D eigenvalue weighted by Gasteiger charge is -2.11. The van der Waals surface area contributed by atoms with Gasteiger partial charge in [0, 0.05) is 0 Å². The molecular formula is C11H9F3N4O3. The minimum Gasteiger partial charge on any atom is -0.481 e. The van der Waals surface area contributed by atoms with E-state index in [0.29, 0.717) is 5.56 Å². The van der Waals surface area contributed by atoms with Crippen LogP contribution in [0.4, 0.5) is 13.2 Å². The molecule has 10 heteroatoms. The second-order valence-corrected chi connectivity index (χ2v) is 4.06. The molecule has 0 saturated heterocycles. The highest BCUT2D eigenvalue weighted by atomic mass is 19.4. The van der Waals surface area contributed by atoms with Crippen molar-refractivity contribution in [1.29, 1.82) is 0 Å². The number of carboxylic acids is 1. The van der Waals surface area contributed by atoms with Gasteiger partial charge in [0.1, 0.15) is 11.7 Å². The third-order valence-electron chi connectivity index (χ3n) is 2.54. The highest BCUT2D eigenvalue weighted by Crippen LogP contribution is 2.25. The van der Waals surface area contributed by atoms with Crippen LogP contribution in [-0.2, 0) is 11.2 Å². The minimum atomic E-state index is -4.81. The van der Waals surface area contributed by atoms with Crippen molar-refractivity contribution in [3.05, 3.63) is 35.7 Å². The summed E-state index contributed by atoms with van der Waals surface area (Å²) in [6.45, 7) is 0. The normalized spacial score (nSPS) is 12.9. The van der Waals surface area contributed by atoms with Gasteiger partial charge in [-0.25, -0.2) is 0 Å². The van der Waals surface area contributed by atoms with Gasteiger partial charge < -0.3 is 9.84 Å². The van der Waals surface area contributed by atoms with Crippen molar-refractivity contribution >= 4 is 5.97 Å². The van der Waals surface area contributed by atoms with E-state index in [1.165, 1.54) is 12.1 Å². The van der Waals surface area contributed by atoms with E-state index in [9.17, 15) is 18.0 Å². The van der Waals surface area contributed by atoms with E-state index in [-0.39, 0.29) is 12.2 Å². The Labute approximate surface area is 115 Å². The predicted molar refractivity (Wildman–Crippen MR) is 61.4 cm³/mol. The van der Waals surface area contributed by atoms with Crippen LogP contribution in [0.15, 0.2) is 24.3 Å². The summed E-state index contributed by atoms with van der Waals surface area (Å²) in [5, 5.41) is 21.7. The van der Waals surface area contributed by atoms with Crippen molar-refractivity contribution in [3.8, 4) is 5.75 Å². The number of alkyl halides is 3. The van der Waals surface area contributed by atoms with E-state index in [0.717, 1.165) is 12.1 Å². The SMILES string of the molecule is O=C(O)C(Cc1cccc(OC(F)(F)F)c1)c1nn[nH]n1. The van der Waals surface area contributed by atoms with Crippen LogP contribution in [0, 0.1) is 0 Å². The number of halogens is 3. The number of hydrogen-bond donors (Lipinski definition) is 2. The average Bonchev–Trinajstić information content (AvgIpc) is 2.87. The molecule has 2 N–H and O–H groups in total. The van der Waals surface area contributed by atoms with Crippen LogP contribution in [0.25, 0.3) is 0 Å². The van der Waals surface area contributed by atoms with Gasteiger partial charge in [-0.05, 0) is 24.1 Å². The molecule has 1 unspecified atom stereocenters. The Morgan fingerprint density at radius 2 is 2.19 bits per heavy atom. The zero-order valence-corrected chi connectivity index (χ0v) is 10.3. The Morgan fingerprint density at radius 1 is 1.43 bits per heavy atom. The second kappa shape index (κ2) is 5.77. The predicted octanol–water partition coefficient (Wildman–Crippen LogP) is 1.51. The summed E-state index contributed by atoms with van der Waals surface area (Å²) in [4.78, 5) is 11.2. The van der Waals surface area contributed by atoms with Crippen molar-refractivity contribution in [2.45, 2.75) is 18.7 Å². The molecule has 1 atom stereocenters. The first-order valence-electron chi connectivity index (χ1n) is 5.66. The number of aromatic nitrogens is 4. The molecule has 112 valence electrons. The number of ether oxygens (including phenoxy) is 1. The van der Waals surface area contributed by atoms with E-state index in [4.69, 9.17) is 5.11 Å². The molecule has 2 aromatic rings. The van der Waals surface area contributed by atoms with Gasteiger partial charge in [0.25, 0.3) is 0 Å². The van der Waals surface area contributed by atoms with E-state index >= 15 is 0 Å². The molecule has 7 nitrogen and oxygen atoms in total. The zero-order chi connectivity index (χ0) is 15.5. The summed E-state index contributed by atoms with van der Waals surface area (Å²) in [6.07, 6.45) is -4.90. The van der Waals surface area contributed by atoms with Crippen molar-refractivity contribution < 1.29 is 27.8 Å². The summed E-state index contributed by atoms with van der Waals surface area (Å²) >= 11 is 0. The number of nitrogens with one attached hydrogen (secondary N) is 1. The Morgan fingerprint density at radius 3 is 2.76 bits per heavy atom. The summed E-state index contributed by atoms with van der Waals surface area (Å²) in [5.74, 6) is -2.80. The number of hydrogen-bond acceptors (Lipinski definition) is 5. The van der Waals surface area contributed by atoms with E-state index < -0.39 is 24.0 Å². The molecule has 0 fully saturated rings. The second-order valence-electron chi connectivity index (χ2n) is 4.06. The van der Waals surface area contributed by atoms with Gasteiger partial charge in [-0.2, -0.15) is 5.21 Å². The summed E-state index contributed by atoms with van der Waals surface area (Å²) in [7, 11) is 0. The monoisotopic (exact) mass is 302 g/mol. The average molecular weight is 302 g/mol. The fourth-order valence-corrected chi connectivity index (χ4v) is 1.71. The van der Waals surface area contributed by atoms with Crippen LogP contribution in [0.1, 0.15) is 17.3 Å². The summed E-state index contributed by atoms with van der Waals surface area (Å²) < 4.78 is 40.2. The third kappa shape index (κ3) is 4.16. The number of benzene rings is 1. The number of carboxylic acid groups (broad SMARTS) is 1. The molecule has 21 heavy (non-hydrogen) atoms. The number of nitrogens with zero attached hydrogens (tertiary/aromatic N) is 3. The molecule has 0 aliphatic heterocycles. The number of aliphatic carboxylic acids is 1. The summed E-state index contributed by atoms with van der Waals surface area (Å²) in [6, 6.07) is 5.06. The fraction of sp³-hybridized carbons (Fsp3) is 0.273. The quantitative estimate of drug-likeness (QED) is 0.868. The molecule has 1 heterocycles. The van der Waals surface area contributed by atoms with Gasteiger partial charge in [0.2, 0.25) is 0 Å². The fourth-order valence-electron chi connectivity index (χ4n) is 1.71. The molecule has 0 saturated carbocycles. The maximum absolute atomic E-state index is 12.1. The van der Waals surface area contributed by atoms with Gasteiger partial charge in [-0.3, -0.25) is 4.79 Å². The van der Waals surface area contributed by atoms with Gasteiger partial charge in [0.05, 0.1) is 0 Å². The highest BCUT2D eigenvalue weighted by molar-refractivity contribution is 5.75. The van der Waals surface area contributed by atoms with Crippen LogP contribution in [-0.4, -0.2) is 38.1 Å². The summed E-state index contributed by atoms with van der Waals surface area (Å²) in [5.41, 5.74) is 0.342. The van der Waals surface area contributed by atoms with Gasteiger partial charge in [0.15, 0.2) is 5.82 Å². The van der Waals surface area contributed by atoms with Crippen molar-refractivity contribution in [1.82, 2.24) is 20.6 Å². The molecule has 0 radical (unpaired) electrons. The number of H-pyrrole nitrogens is 1. The van der Waals surface area contributed by atoms with Crippen LogP contribution < -0.4 is 4.74 Å². The minimum absolute atomic E-state index is 0.0513. The highest BCUT2D eigenvalue weighted by Gasteiger charge is 2.31. The maximum atomic E-state index is 12.1. The van der Waals surface area contributed by atoms with E-state index in [2.05, 4.69) is 25.4 Å². The topological polar surface area (TPSA) is 101 Å². The third-order valence-corrected chi connectivity index (χ3v) is 2.54. The van der Waals surface area contributed by atoms with E-state index in [1.807, 2.05) is 0 Å². The van der Waals surface area contributed by atoms with Crippen LogP contribution in [0.5, 0.6) is 5.75 Å². The van der Waals surface area contributed by atoms with Crippen LogP contribution in [0.2, 0.25) is 0 Å². The largest absolute Gasteiger partial charge is 0.573 e. The molecule has 0 amide bonds. The smallest absolute Gasteiger partial charge is 0.481 e. The Bertz CT molecular complexity index is 615. The molecule has 2 rings (SSSR count). The standard InChI is InChI=1S/C11H9F3N4O3/c12-11(13,14)21-7-3-1-2-6(4-7)5-8(10(19)20)9-15-17-18-16-9/h1-4,8H,5H2,(H,19,20)(H,15,16,17,18). The Balaban J connectivity index is 2.18. The maximum Gasteiger partial charge on any atom is 0.573 e. The Kier molecular flexibility index (Phi) is 4.05. The van der Waals surface area contributed by atoms with Crippen molar-refractivity contribution in [3.63, 3.8) is 0 Å². The molecule has 0 spiro atoms. The molecule has 1 aromatic heterocycles. The number of carbonyl (C=O) groups is 1. The lowest BCUT2D eigenvalue weighted by atomic mass is 9.99. The molecule has 0 bridgehead atoms. The van der Waals surface area contributed by atoms with Gasteiger partial charge in [-0.1, -0.05) is 17.3 Å². The molecule has 1 aromatic carbocycles. The first kappa shape index (κ1) is 14.8. The zero-order valence-electron chi connectivity index (χ0n) is 10.3. The van der Waals surface area contributed by atoms with Gasteiger partial charge >= 0.3 is 12.3 Å². The lowest BCUT2D eigenvalue weighted by Crippen LogP contribution is -2.18. The van der Waals surface area contributed by atoms with Crippen molar-refractivity contribution in [2.24, 2.45) is 0 Å². The first-order chi connectivity index (χ1) is 9.85. The van der Waals surface area contributed by atoms with Crippen molar-refractivity contribution in [2.75, 3.05) is 0 Å². The molecule has 0 aliphatic rings. The Hall–Kier alpha value is -2.65. The first-order valence-corrected chi connectivity index (χ1v) is 5.66. The molecular weight excluding hydrogens is 293 g/mol. The van der Waals surface area contributed by atoms with Crippen LogP contribution in [0.3, 0.4) is 0 Å². The number of rotatable bonds is 5.